The monoisotopic (exact) mass is 186 g/mol. The zero-order valence-corrected chi connectivity index (χ0v) is 9.42. The van der Waals surface area contributed by atoms with Crippen LogP contribution in [0.15, 0.2) is 0 Å². The number of likely N-dealkylation sites (N-methyl/N-ethyl adjacent to an activating group) is 1. The lowest BCUT2D eigenvalue weighted by atomic mass is 10.0. The Balaban J connectivity index is 3.90. The third kappa shape index (κ3) is 4.88. The third-order valence-electron chi connectivity index (χ3n) is 2.26. The van der Waals surface area contributed by atoms with E-state index in [0.29, 0.717) is 18.4 Å². The van der Waals surface area contributed by atoms with Crippen molar-refractivity contribution in [2.75, 3.05) is 20.6 Å². The van der Waals surface area contributed by atoms with Crippen LogP contribution in [-0.2, 0) is 4.79 Å². The van der Waals surface area contributed by atoms with Crippen molar-refractivity contribution in [3.8, 4) is 0 Å². The van der Waals surface area contributed by atoms with Crippen LogP contribution in [0.5, 0.6) is 0 Å². The number of amides is 1. The average molecular weight is 186 g/mol. The molecule has 0 aromatic rings. The molecular weight excluding hydrogens is 164 g/mol. The maximum absolute atomic E-state index is 11.0. The third-order valence-corrected chi connectivity index (χ3v) is 2.26. The van der Waals surface area contributed by atoms with Gasteiger partial charge < -0.3 is 10.2 Å². The zero-order valence-electron chi connectivity index (χ0n) is 9.42. The van der Waals surface area contributed by atoms with Crippen LogP contribution in [0.4, 0.5) is 0 Å². The molecular formula is C10H22N2O. The van der Waals surface area contributed by atoms with E-state index in [0.717, 1.165) is 6.54 Å². The molecule has 0 bridgehead atoms. The van der Waals surface area contributed by atoms with E-state index in [1.54, 1.807) is 0 Å². The summed E-state index contributed by atoms with van der Waals surface area (Å²) in [6.07, 6.45) is 0.568. The van der Waals surface area contributed by atoms with E-state index in [1.807, 2.05) is 21.0 Å². The van der Waals surface area contributed by atoms with E-state index in [9.17, 15) is 4.79 Å². The molecule has 0 aliphatic carbocycles. The lowest BCUT2D eigenvalue weighted by Gasteiger charge is -2.27. The number of rotatable bonds is 5. The molecule has 3 nitrogen and oxygen atoms in total. The molecule has 0 heterocycles. The second-order valence-electron chi connectivity index (χ2n) is 3.93. The van der Waals surface area contributed by atoms with Crippen molar-refractivity contribution in [2.45, 2.75) is 33.2 Å². The molecule has 0 saturated heterocycles. The molecule has 0 aromatic carbocycles. The SMILES string of the molecule is CCC(=O)NCC(C(C)C)N(C)C. The van der Waals surface area contributed by atoms with Crippen LogP contribution in [0.3, 0.4) is 0 Å². The lowest BCUT2D eigenvalue weighted by molar-refractivity contribution is -0.121. The fourth-order valence-electron chi connectivity index (χ4n) is 1.36. The first kappa shape index (κ1) is 12.4. The minimum absolute atomic E-state index is 0.132. The molecule has 78 valence electrons. The average Bonchev–Trinajstić information content (AvgIpc) is 2.03. The lowest BCUT2D eigenvalue weighted by Crippen LogP contribution is -2.43. The highest BCUT2D eigenvalue weighted by Crippen LogP contribution is 2.05. The standard InChI is InChI=1S/C10H22N2O/c1-6-10(13)11-7-9(8(2)3)12(4)5/h8-9H,6-7H2,1-5H3,(H,11,13). The highest BCUT2D eigenvalue weighted by atomic mass is 16.1. The van der Waals surface area contributed by atoms with E-state index in [2.05, 4.69) is 24.1 Å². The molecule has 3 heteroatoms. The van der Waals surface area contributed by atoms with Gasteiger partial charge in [-0.2, -0.15) is 0 Å². The van der Waals surface area contributed by atoms with Crippen molar-refractivity contribution in [1.29, 1.82) is 0 Å². The minimum Gasteiger partial charge on any atom is -0.355 e. The van der Waals surface area contributed by atoms with E-state index in [4.69, 9.17) is 0 Å². The molecule has 0 aromatic heterocycles. The zero-order chi connectivity index (χ0) is 10.4. The number of hydrogen-bond donors (Lipinski definition) is 1. The van der Waals surface area contributed by atoms with Gasteiger partial charge in [-0.3, -0.25) is 4.79 Å². The molecule has 0 radical (unpaired) electrons. The summed E-state index contributed by atoms with van der Waals surface area (Å²) in [4.78, 5) is 13.2. The highest BCUT2D eigenvalue weighted by Gasteiger charge is 2.15. The maximum Gasteiger partial charge on any atom is 0.219 e. The molecule has 0 aliphatic rings. The summed E-state index contributed by atoms with van der Waals surface area (Å²) < 4.78 is 0. The second kappa shape index (κ2) is 5.97. The van der Waals surface area contributed by atoms with Crippen molar-refractivity contribution in [2.24, 2.45) is 5.92 Å². The van der Waals surface area contributed by atoms with Gasteiger partial charge in [-0.25, -0.2) is 0 Å². The summed E-state index contributed by atoms with van der Waals surface area (Å²) >= 11 is 0. The van der Waals surface area contributed by atoms with Crippen LogP contribution in [-0.4, -0.2) is 37.5 Å². The Morgan fingerprint density at radius 1 is 1.38 bits per heavy atom. The van der Waals surface area contributed by atoms with Crippen molar-refractivity contribution >= 4 is 5.91 Å². The topological polar surface area (TPSA) is 32.3 Å². The molecule has 0 aliphatic heterocycles. The van der Waals surface area contributed by atoms with Crippen molar-refractivity contribution in [3.05, 3.63) is 0 Å². The first-order chi connectivity index (χ1) is 5.99. The molecule has 0 fully saturated rings. The number of hydrogen-bond acceptors (Lipinski definition) is 2. The van der Waals surface area contributed by atoms with Gasteiger partial charge in [-0.05, 0) is 20.0 Å². The van der Waals surface area contributed by atoms with E-state index < -0.39 is 0 Å². The normalized spacial score (nSPS) is 13.5. The van der Waals surface area contributed by atoms with Gasteiger partial charge in [0.15, 0.2) is 0 Å². The first-order valence-electron chi connectivity index (χ1n) is 4.92. The molecule has 1 N–H and O–H groups in total. The van der Waals surface area contributed by atoms with Gasteiger partial charge in [0.05, 0.1) is 0 Å². The predicted molar refractivity (Wildman–Crippen MR) is 55.6 cm³/mol. The Bertz CT molecular complexity index is 147. The van der Waals surface area contributed by atoms with E-state index in [-0.39, 0.29) is 5.91 Å². The van der Waals surface area contributed by atoms with Crippen molar-refractivity contribution in [1.82, 2.24) is 10.2 Å². The molecule has 1 amide bonds. The van der Waals surface area contributed by atoms with Crippen LogP contribution in [0.2, 0.25) is 0 Å². The van der Waals surface area contributed by atoms with Gasteiger partial charge in [0.2, 0.25) is 5.91 Å². The molecule has 0 rings (SSSR count). The van der Waals surface area contributed by atoms with Gasteiger partial charge >= 0.3 is 0 Å². The Morgan fingerprint density at radius 2 is 1.92 bits per heavy atom. The van der Waals surface area contributed by atoms with Crippen LogP contribution in [0, 0.1) is 5.92 Å². The van der Waals surface area contributed by atoms with Crippen LogP contribution in [0.1, 0.15) is 27.2 Å². The summed E-state index contributed by atoms with van der Waals surface area (Å²) in [5, 5.41) is 2.91. The highest BCUT2D eigenvalue weighted by molar-refractivity contribution is 5.75. The van der Waals surface area contributed by atoms with Gasteiger partial charge in [0.1, 0.15) is 0 Å². The largest absolute Gasteiger partial charge is 0.355 e. The molecule has 0 saturated carbocycles. The van der Waals surface area contributed by atoms with E-state index in [1.165, 1.54) is 0 Å². The molecule has 1 unspecified atom stereocenters. The fourth-order valence-corrected chi connectivity index (χ4v) is 1.36. The summed E-state index contributed by atoms with van der Waals surface area (Å²) in [7, 11) is 4.09. The van der Waals surface area contributed by atoms with E-state index >= 15 is 0 Å². The minimum atomic E-state index is 0.132. The number of nitrogens with one attached hydrogen (secondary N) is 1. The predicted octanol–water partition coefficient (Wildman–Crippen LogP) is 1.10. The number of carbonyl (C=O) groups excluding carboxylic acids is 1. The summed E-state index contributed by atoms with van der Waals surface area (Å²) in [5.41, 5.74) is 0. The van der Waals surface area contributed by atoms with Crippen LogP contribution in [0.25, 0.3) is 0 Å². The van der Waals surface area contributed by atoms with Gasteiger partial charge in [-0.15, -0.1) is 0 Å². The Morgan fingerprint density at radius 3 is 2.23 bits per heavy atom. The molecule has 13 heavy (non-hydrogen) atoms. The first-order valence-corrected chi connectivity index (χ1v) is 4.92. The summed E-state index contributed by atoms with van der Waals surface area (Å²) in [5.74, 6) is 0.694. The fraction of sp³-hybridized carbons (Fsp3) is 0.900. The van der Waals surface area contributed by atoms with Gasteiger partial charge in [0.25, 0.3) is 0 Å². The molecule has 1 atom stereocenters. The Kier molecular flexibility index (Phi) is 5.71. The Labute approximate surface area is 81.5 Å². The van der Waals surface area contributed by atoms with Crippen molar-refractivity contribution in [3.63, 3.8) is 0 Å². The Hall–Kier alpha value is -0.570. The van der Waals surface area contributed by atoms with Crippen molar-refractivity contribution < 1.29 is 4.79 Å². The number of carbonyl (C=O) groups is 1. The smallest absolute Gasteiger partial charge is 0.219 e. The molecule has 0 spiro atoms. The van der Waals surface area contributed by atoms with Crippen LogP contribution < -0.4 is 5.32 Å². The van der Waals surface area contributed by atoms with Gasteiger partial charge in [-0.1, -0.05) is 20.8 Å². The summed E-state index contributed by atoms with van der Waals surface area (Å²) in [6, 6.07) is 0.426. The second-order valence-corrected chi connectivity index (χ2v) is 3.93. The van der Waals surface area contributed by atoms with Gasteiger partial charge in [0, 0.05) is 19.0 Å². The van der Waals surface area contributed by atoms with Crippen LogP contribution >= 0.6 is 0 Å². The quantitative estimate of drug-likeness (QED) is 0.697. The summed E-state index contributed by atoms with van der Waals surface area (Å²) in [6.45, 7) is 6.96. The maximum atomic E-state index is 11.0. The number of nitrogens with zero attached hydrogens (tertiary/aromatic N) is 1.